The van der Waals surface area contributed by atoms with Crippen molar-refractivity contribution in [3.05, 3.63) is 11.6 Å². The Bertz CT molecular complexity index is 345. The van der Waals surface area contributed by atoms with Gasteiger partial charge in [0, 0.05) is 19.5 Å². The van der Waals surface area contributed by atoms with E-state index >= 15 is 0 Å². The standard InChI is InChI=1S/C13H24N4/c1-3-5-6-8-12-15-16-13-11(7-4-2)14-9-10-17(12)13/h11,14H,3-10H2,1-2H3. The summed E-state index contributed by atoms with van der Waals surface area (Å²) < 4.78 is 2.34. The summed E-state index contributed by atoms with van der Waals surface area (Å²) >= 11 is 0. The minimum atomic E-state index is 0.418. The van der Waals surface area contributed by atoms with Crippen molar-refractivity contribution in [1.82, 2.24) is 20.1 Å². The second kappa shape index (κ2) is 6.15. The molecule has 4 nitrogen and oxygen atoms in total. The quantitative estimate of drug-likeness (QED) is 0.772. The average molecular weight is 236 g/mol. The molecule has 1 aromatic rings. The fraction of sp³-hybridized carbons (Fsp3) is 0.846. The first-order valence-electron chi connectivity index (χ1n) is 7.02. The summed E-state index contributed by atoms with van der Waals surface area (Å²) in [5, 5.41) is 12.3. The lowest BCUT2D eigenvalue weighted by atomic mass is 10.1. The summed E-state index contributed by atoms with van der Waals surface area (Å²) in [7, 11) is 0. The molecule has 0 aromatic carbocycles. The fourth-order valence-electron chi connectivity index (χ4n) is 2.53. The highest BCUT2D eigenvalue weighted by Gasteiger charge is 2.23. The Kier molecular flexibility index (Phi) is 4.54. The molecule has 2 rings (SSSR count). The van der Waals surface area contributed by atoms with Crippen LogP contribution in [0.25, 0.3) is 0 Å². The number of unbranched alkanes of at least 4 members (excludes halogenated alkanes) is 2. The number of rotatable bonds is 6. The van der Waals surface area contributed by atoms with Crippen LogP contribution in [0.15, 0.2) is 0 Å². The molecular formula is C13H24N4. The second-order valence-electron chi connectivity index (χ2n) is 4.88. The number of aromatic nitrogens is 3. The van der Waals surface area contributed by atoms with Crippen molar-refractivity contribution in [2.24, 2.45) is 0 Å². The highest BCUT2D eigenvalue weighted by atomic mass is 15.3. The summed E-state index contributed by atoms with van der Waals surface area (Å²) in [6.07, 6.45) is 7.23. The van der Waals surface area contributed by atoms with Gasteiger partial charge in [0.15, 0.2) is 0 Å². The van der Waals surface area contributed by atoms with E-state index in [1.807, 2.05) is 0 Å². The lowest BCUT2D eigenvalue weighted by Gasteiger charge is -2.24. The fourth-order valence-corrected chi connectivity index (χ4v) is 2.53. The molecule has 1 atom stereocenters. The van der Waals surface area contributed by atoms with Crippen LogP contribution in [0.2, 0.25) is 0 Å². The zero-order valence-corrected chi connectivity index (χ0v) is 11.1. The van der Waals surface area contributed by atoms with Gasteiger partial charge in [-0.25, -0.2) is 0 Å². The number of nitrogens with zero attached hydrogens (tertiary/aromatic N) is 3. The van der Waals surface area contributed by atoms with Crippen molar-refractivity contribution in [3.63, 3.8) is 0 Å². The van der Waals surface area contributed by atoms with Crippen molar-refractivity contribution in [2.75, 3.05) is 6.54 Å². The molecule has 0 saturated heterocycles. The summed E-state index contributed by atoms with van der Waals surface area (Å²) in [5.74, 6) is 2.35. The Hall–Kier alpha value is -0.900. The molecule has 0 spiro atoms. The van der Waals surface area contributed by atoms with Crippen LogP contribution < -0.4 is 5.32 Å². The van der Waals surface area contributed by atoms with Gasteiger partial charge in [-0.1, -0.05) is 33.1 Å². The lowest BCUT2D eigenvalue weighted by molar-refractivity contribution is 0.387. The monoisotopic (exact) mass is 236 g/mol. The molecule has 1 unspecified atom stereocenters. The highest BCUT2D eigenvalue weighted by molar-refractivity contribution is 5.04. The molecule has 2 heterocycles. The normalized spacial score (nSPS) is 19.3. The maximum atomic E-state index is 4.39. The van der Waals surface area contributed by atoms with Crippen LogP contribution in [0.3, 0.4) is 0 Å². The first-order chi connectivity index (χ1) is 8.36. The molecule has 1 N–H and O–H groups in total. The van der Waals surface area contributed by atoms with Gasteiger partial charge >= 0.3 is 0 Å². The molecule has 17 heavy (non-hydrogen) atoms. The van der Waals surface area contributed by atoms with Gasteiger partial charge in [-0.15, -0.1) is 10.2 Å². The van der Waals surface area contributed by atoms with E-state index in [9.17, 15) is 0 Å². The molecule has 1 aromatic heterocycles. The number of hydrogen-bond acceptors (Lipinski definition) is 3. The van der Waals surface area contributed by atoms with Crippen molar-refractivity contribution in [2.45, 2.75) is 65.0 Å². The summed E-state index contributed by atoms with van der Waals surface area (Å²) in [6.45, 7) is 6.54. The predicted molar refractivity (Wildman–Crippen MR) is 68.9 cm³/mol. The highest BCUT2D eigenvalue weighted by Crippen LogP contribution is 2.21. The van der Waals surface area contributed by atoms with Gasteiger partial charge in [0.2, 0.25) is 0 Å². The molecule has 4 heteroatoms. The first-order valence-corrected chi connectivity index (χ1v) is 7.02. The molecule has 0 radical (unpaired) electrons. The van der Waals surface area contributed by atoms with Gasteiger partial charge in [0.1, 0.15) is 11.6 Å². The van der Waals surface area contributed by atoms with E-state index in [0.29, 0.717) is 6.04 Å². The Morgan fingerprint density at radius 2 is 2.12 bits per heavy atom. The molecule has 0 amide bonds. The minimum Gasteiger partial charge on any atom is -0.312 e. The van der Waals surface area contributed by atoms with Crippen molar-refractivity contribution in [1.29, 1.82) is 0 Å². The van der Waals surface area contributed by atoms with E-state index in [1.165, 1.54) is 31.5 Å². The molecule has 0 fully saturated rings. The molecule has 1 aliphatic heterocycles. The van der Waals surface area contributed by atoms with E-state index in [-0.39, 0.29) is 0 Å². The smallest absolute Gasteiger partial charge is 0.150 e. The van der Waals surface area contributed by atoms with Gasteiger partial charge in [0.05, 0.1) is 6.04 Å². The minimum absolute atomic E-state index is 0.418. The third kappa shape index (κ3) is 2.86. The van der Waals surface area contributed by atoms with Gasteiger partial charge in [-0.2, -0.15) is 0 Å². The van der Waals surface area contributed by atoms with Gasteiger partial charge in [0.25, 0.3) is 0 Å². The van der Waals surface area contributed by atoms with E-state index in [2.05, 4.69) is 33.9 Å². The van der Waals surface area contributed by atoms with Crippen LogP contribution in [0, 0.1) is 0 Å². The van der Waals surface area contributed by atoms with Crippen molar-refractivity contribution in [3.8, 4) is 0 Å². The van der Waals surface area contributed by atoms with E-state index < -0.39 is 0 Å². The summed E-state index contributed by atoms with van der Waals surface area (Å²) in [4.78, 5) is 0. The lowest BCUT2D eigenvalue weighted by Crippen LogP contribution is -2.34. The summed E-state index contributed by atoms with van der Waals surface area (Å²) in [5.41, 5.74) is 0. The van der Waals surface area contributed by atoms with E-state index in [4.69, 9.17) is 0 Å². The topological polar surface area (TPSA) is 42.7 Å². The van der Waals surface area contributed by atoms with E-state index in [0.717, 1.165) is 31.8 Å². The Morgan fingerprint density at radius 3 is 2.88 bits per heavy atom. The maximum absolute atomic E-state index is 4.39. The molecule has 1 aliphatic rings. The zero-order valence-electron chi connectivity index (χ0n) is 11.1. The van der Waals surface area contributed by atoms with Crippen LogP contribution in [0.5, 0.6) is 0 Å². The Labute approximate surface area is 104 Å². The van der Waals surface area contributed by atoms with Crippen LogP contribution >= 0.6 is 0 Å². The first kappa shape index (κ1) is 12.6. The summed E-state index contributed by atoms with van der Waals surface area (Å²) in [6, 6.07) is 0.418. The number of nitrogens with one attached hydrogen (secondary N) is 1. The third-order valence-electron chi connectivity index (χ3n) is 3.48. The van der Waals surface area contributed by atoms with Crippen molar-refractivity contribution < 1.29 is 0 Å². The van der Waals surface area contributed by atoms with Gasteiger partial charge in [-0.3, -0.25) is 0 Å². The van der Waals surface area contributed by atoms with Gasteiger partial charge < -0.3 is 9.88 Å². The van der Waals surface area contributed by atoms with Crippen LogP contribution in [-0.2, 0) is 13.0 Å². The second-order valence-corrected chi connectivity index (χ2v) is 4.88. The van der Waals surface area contributed by atoms with Crippen LogP contribution in [0.4, 0.5) is 0 Å². The van der Waals surface area contributed by atoms with E-state index in [1.54, 1.807) is 0 Å². The predicted octanol–water partition coefficient (Wildman–Crippen LogP) is 2.46. The SMILES string of the molecule is CCCCCc1nnc2n1CCNC2CCC. The zero-order chi connectivity index (χ0) is 12.1. The molecular weight excluding hydrogens is 212 g/mol. The van der Waals surface area contributed by atoms with Crippen molar-refractivity contribution >= 4 is 0 Å². The molecule has 0 bridgehead atoms. The third-order valence-corrected chi connectivity index (χ3v) is 3.48. The number of hydrogen-bond donors (Lipinski definition) is 1. The molecule has 0 aliphatic carbocycles. The Balaban J connectivity index is 2.05. The Morgan fingerprint density at radius 1 is 1.24 bits per heavy atom. The number of fused-ring (bicyclic) bond motifs is 1. The largest absolute Gasteiger partial charge is 0.312 e. The average Bonchev–Trinajstić information content (AvgIpc) is 2.75. The molecule has 0 saturated carbocycles. The maximum Gasteiger partial charge on any atom is 0.150 e. The van der Waals surface area contributed by atoms with Crippen LogP contribution in [-0.4, -0.2) is 21.3 Å². The van der Waals surface area contributed by atoms with Crippen LogP contribution in [0.1, 0.15) is 63.6 Å². The molecule has 96 valence electrons. The van der Waals surface area contributed by atoms with Gasteiger partial charge in [-0.05, 0) is 12.8 Å². The number of aryl methyl sites for hydroxylation is 1.